The van der Waals surface area contributed by atoms with Gasteiger partial charge in [0.05, 0.1) is 4.88 Å². The first-order valence-electron chi connectivity index (χ1n) is 6.23. The molecule has 2 rings (SSSR count). The SMILES string of the molecule is CCc1sc(-c2nc(CC(C)NC)no2)cc1C. The summed E-state index contributed by atoms with van der Waals surface area (Å²) in [7, 11) is 1.93. The van der Waals surface area contributed by atoms with Crippen LogP contribution in [0.15, 0.2) is 10.6 Å². The Morgan fingerprint density at radius 2 is 2.28 bits per heavy atom. The Balaban J connectivity index is 2.18. The van der Waals surface area contributed by atoms with Crippen LogP contribution in [0.2, 0.25) is 0 Å². The van der Waals surface area contributed by atoms with Crippen molar-refractivity contribution in [3.63, 3.8) is 0 Å². The number of aryl methyl sites for hydroxylation is 2. The monoisotopic (exact) mass is 265 g/mol. The van der Waals surface area contributed by atoms with E-state index in [0.717, 1.165) is 23.5 Å². The van der Waals surface area contributed by atoms with Crippen molar-refractivity contribution < 1.29 is 4.52 Å². The van der Waals surface area contributed by atoms with Gasteiger partial charge in [-0.05, 0) is 38.9 Å². The molecule has 0 amide bonds. The number of aromatic nitrogens is 2. The molecule has 0 aliphatic heterocycles. The third-order valence-electron chi connectivity index (χ3n) is 3.00. The van der Waals surface area contributed by atoms with E-state index in [1.54, 1.807) is 11.3 Å². The molecule has 0 spiro atoms. The summed E-state index contributed by atoms with van der Waals surface area (Å²) in [6, 6.07) is 2.48. The van der Waals surface area contributed by atoms with E-state index in [2.05, 4.69) is 42.3 Å². The second kappa shape index (κ2) is 5.63. The highest BCUT2D eigenvalue weighted by Crippen LogP contribution is 2.30. The minimum absolute atomic E-state index is 0.353. The van der Waals surface area contributed by atoms with Gasteiger partial charge < -0.3 is 9.84 Å². The maximum Gasteiger partial charge on any atom is 0.268 e. The van der Waals surface area contributed by atoms with Crippen molar-refractivity contribution in [3.8, 4) is 10.8 Å². The van der Waals surface area contributed by atoms with Gasteiger partial charge in [-0.1, -0.05) is 12.1 Å². The summed E-state index contributed by atoms with van der Waals surface area (Å²) in [6.07, 6.45) is 1.83. The lowest BCUT2D eigenvalue weighted by molar-refractivity contribution is 0.419. The number of nitrogens with zero attached hydrogens (tertiary/aromatic N) is 2. The van der Waals surface area contributed by atoms with Crippen LogP contribution in [0.25, 0.3) is 10.8 Å². The normalized spacial score (nSPS) is 12.9. The van der Waals surface area contributed by atoms with Gasteiger partial charge in [-0.2, -0.15) is 4.98 Å². The topological polar surface area (TPSA) is 51.0 Å². The molecule has 0 aliphatic carbocycles. The fourth-order valence-electron chi connectivity index (χ4n) is 1.79. The van der Waals surface area contributed by atoms with E-state index in [9.17, 15) is 0 Å². The molecule has 1 N–H and O–H groups in total. The minimum atomic E-state index is 0.353. The zero-order valence-electron chi connectivity index (χ0n) is 11.3. The number of nitrogens with one attached hydrogen (secondary N) is 1. The summed E-state index contributed by atoms with van der Waals surface area (Å²) in [6.45, 7) is 6.39. The van der Waals surface area contributed by atoms with Crippen LogP contribution in [0.1, 0.15) is 30.1 Å². The molecule has 4 nitrogen and oxygen atoms in total. The number of hydrogen-bond donors (Lipinski definition) is 1. The molecule has 0 bridgehead atoms. The lowest BCUT2D eigenvalue weighted by atomic mass is 10.2. The van der Waals surface area contributed by atoms with Crippen molar-refractivity contribution in [3.05, 3.63) is 22.3 Å². The molecule has 0 saturated carbocycles. The Bertz CT molecular complexity index is 518. The van der Waals surface area contributed by atoms with Gasteiger partial charge in [0.2, 0.25) is 0 Å². The second-order valence-corrected chi connectivity index (χ2v) is 5.62. The van der Waals surface area contributed by atoms with E-state index in [0.29, 0.717) is 11.9 Å². The third kappa shape index (κ3) is 2.79. The molecule has 0 saturated heterocycles. The molecule has 1 unspecified atom stereocenters. The van der Waals surface area contributed by atoms with Gasteiger partial charge in [0.25, 0.3) is 5.89 Å². The number of likely N-dealkylation sites (N-methyl/N-ethyl adjacent to an activating group) is 1. The first kappa shape index (κ1) is 13.2. The van der Waals surface area contributed by atoms with Crippen LogP contribution < -0.4 is 5.32 Å². The van der Waals surface area contributed by atoms with E-state index < -0.39 is 0 Å². The second-order valence-electron chi connectivity index (χ2n) is 4.48. The maximum absolute atomic E-state index is 5.33. The fourth-order valence-corrected chi connectivity index (χ4v) is 2.82. The highest BCUT2D eigenvalue weighted by Gasteiger charge is 2.14. The predicted octanol–water partition coefficient (Wildman–Crippen LogP) is 2.82. The molecule has 1 atom stereocenters. The average molecular weight is 265 g/mol. The van der Waals surface area contributed by atoms with Gasteiger partial charge in [-0.3, -0.25) is 0 Å². The lowest BCUT2D eigenvalue weighted by Gasteiger charge is -2.04. The largest absolute Gasteiger partial charge is 0.333 e. The molecule has 0 radical (unpaired) electrons. The van der Waals surface area contributed by atoms with Gasteiger partial charge in [-0.25, -0.2) is 0 Å². The number of thiophene rings is 1. The molecule has 0 aromatic carbocycles. The van der Waals surface area contributed by atoms with Gasteiger partial charge in [0.1, 0.15) is 0 Å². The highest BCUT2D eigenvalue weighted by atomic mass is 32.1. The van der Waals surface area contributed by atoms with Crippen LogP contribution in [0, 0.1) is 6.92 Å². The van der Waals surface area contributed by atoms with Crippen molar-refractivity contribution in [2.45, 2.75) is 39.7 Å². The van der Waals surface area contributed by atoms with Crippen LogP contribution in [0.4, 0.5) is 0 Å². The van der Waals surface area contributed by atoms with E-state index >= 15 is 0 Å². The average Bonchev–Trinajstić information content (AvgIpc) is 2.95. The summed E-state index contributed by atoms with van der Waals surface area (Å²) < 4.78 is 5.33. The van der Waals surface area contributed by atoms with Crippen molar-refractivity contribution in [1.29, 1.82) is 0 Å². The molecule has 5 heteroatoms. The fraction of sp³-hybridized carbons (Fsp3) is 0.538. The Hall–Kier alpha value is -1.20. The van der Waals surface area contributed by atoms with E-state index in [-0.39, 0.29) is 0 Å². The summed E-state index contributed by atoms with van der Waals surface area (Å²) in [5.74, 6) is 1.40. The molecule has 2 heterocycles. The summed E-state index contributed by atoms with van der Waals surface area (Å²) in [4.78, 5) is 6.90. The molecule has 0 aliphatic rings. The van der Waals surface area contributed by atoms with Crippen LogP contribution in [-0.4, -0.2) is 23.2 Å². The van der Waals surface area contributed by atoms with Crippen molar-refractivity contribution in [1.82, 2.24) is 15.5 Å². The Morgan fingerprint density at radius 3 is 2.89 bits per heavy atom. The van der Waals surface area contributed by atoms with Gasteiger partial charge in [0.15, 0.2) is 5.82 Å². The maximum atomic E-state index is 5.33. The molecular formula is C13H19N3OS. The zero-order valence-corrected chi connectivity index (χ0v) is 12.1. The highest BCUT2D eigenvalue weighted by molar-refractivity contribution is 7.15. The summed E-state index contributed by atoms with van der Waals surface area (Å²) in [5.41, 5.74) is 1.31. The molecule has 0 fully saturated rings. The number of rotatable bonds is 5. The van der Waals surface area contributed by atoms with Crippen molar-refractivity contribution in [2.75, 3.05) is 7.05 Å². The smallest absolute Gasteiger partial charge is 0.268 e. The number of hydrogen-bond acceptors (Lipinski definition) is 5. The molecule has 98 valence electrons. The Kier molecular flexibility index (Phi) is 4.14. The van der Waals surface area contributed by atoms with Gasteiger partial charge in [-0.15, -0.1) is 11.3 Å². The molecule has 2 aromatic rings. The lowest BCUT2D eigenvalue weighted by Crippen LogP contribution is -2.24. The standard InChI is InChI=1S/C13H19N3OS/c1-5-10-8(2)6-11(18-10)13-15-12(16-17-13)7-9(3)14-4/h6,9,14H,5,7H2,1-4H3. The van der Waals surface area contributed by atoms with Crippen LogP contribution in [-0.2, 0) is 12.8 Å². The Morgan fingerprint density at radius 1 is 1.50 bits per heavy atom. The van der Waals surface area contributed by atoms with E-state index in [4.69, 9.17) is 4.52 Å². The van der Waals surface area contributed by atoms with Crippen LogP contribution in [0.3, 0.4) is 0 Å². The van der Waals surface area contributed by atoms with Crippen LogP contribution >= 0.6 is 11.3 Å². The van der Waals surface area contributed by atoms with Gasteiger partial charge in [0, 0.05) is 17.3 Å². The first-order chi connectivity index (χ1) is 8.63. The third-order valence-corrected chi connectivity index (χ3v) is 4.37. The molecule has 18 heavy (non-hydrogen) atoms. The minimum Gasteiger partial charge on any atom is -0.333 e. The summed E-state index contributed by atoms with van der Waals surface area (Å²) >= 11 is 1.74. The van der Waals surface area contributed by atoms with E-state index in [1.807, 2.05) is 7.05 Å². The summed E-state index contributed by atoms with van der Waals surface area (Å²) in [5, 5.41) is 7.19. The zero-order chi connectivity index (χ0) is 13.1. The van der Waals surface area contributed by atoms with E-state index in [1.165, 1.54) is 10.4 Å². The molecule has 2 aromatic heterocycles. The van der Waals surface area contributed by atoms with Crippen molar-refractivity contribution in [2.24, 2.45) is 0 Å². The van der Waals surface area contributed by atoms with Crippen LogP contribution in [0.5, 0.6) is 0 Å². The first-order valence-corrected chi connectivity index (χ1v) is 7.05. The predicted molar refractivity (Wildman–Crippen MR) is 74.0 cm³/mol. The Labute approximate surface area is 111 Å². The quantitative estimate of drug-likeness (QED) is 0.903. The molecular weight excluding hydrogens is 246 g/mol. The van der Waals surface area contributed by atoms with Crippen molar-refractivity contribution >= 4 is 11.3 Å². The van der Waals surface area contributed by atoms with Gasteiger partial charge >= 0.3 is 0 Å².